The minimum atomic E-state index is -0.710. The predicted octanol–water partition coefficient (Wildman–Crippen LogP) is 5.30. The lowest BCUT2D eigenvalue weighted by Gasteiger charge is -2.55. The number of carbonyl (C=O) groups is 1. The summed E-state index contributed by atoms with van der Waals surface area (Å²) in [6, 6.07) is 0. The second kappa shape index (κ2) is 6.93. The molecule has 0 saturated carbocycles. The monoisotopic (exact) mass is 286 g/mol. The summed E-state index contributed by atoms with van der Waals surface area (Å²) in [5.74, 6) is -0.289. The molecule has 0 amide bonds. The van der Waals surface area contributed by atoms with Crippen LogP contribution in [-0.2, 0) is 9.68 Å². The van der Waals surface area contributed by atoms with E-state index >= 15 is 0 Å². The molecule has 0 saturated heterocycles. The molecule has 0 aromatic rings. The van der Waals surface area contributed by atoms with Crippen molar-refractivity contribution in [3.05, 3.63) is 0 Å². The molecule has 0 aromatic heterocycles. The Balaban J connectivity index is 6.05. The Morgan fingerprint density at radius 2 is 1.50 bits per heavy atom. The van der Waals surface area contributed by atoms with Crippen LogP contribution in [-0.4, -0.2) is 11.2 Å². The molecular formula is C17H34O3. The van der Waals surface area contributed by atoms with Crippen molar-refractivity contribution in [3.8, 4) is 0 Å². The van der Waals surface area contributed by atoms with Gasteiger partial charge in [-0.1, -0.05) is 74.7 Å². The highest BCUT2D eigenvalue weighted by Gasteiger charge is 2.61. The van der Waals surface area contributed by atoms with Gasteiger partial charge in [0.15, 0.2) is 0 Å². The van der Waals surface area contributed by atoms with Gasteiger partial charge in [0.05, 0.1) is 5.41 Å². The molecule has 0 aliphatic rings. The van der Waals surface area contributed by atoms with Crippen LogP contribution in [0.3, 0.4) is 0 Å². The summed E-state index contributed by atoms with van der Waals surface area (Å²) in [4.78, 5) is 16.9. The van der Waals surface area contributed by atoms with Gasteiger partial charge in [-0.05, 0) is 23.2 Å². The Kier molecular flexibility index (Phi) is 6.73. The zero-order chi connectivity index (χ0) is 16.2. The maximum absolute atomic E-state index is 12.6. The molecule has 0 spiro atoms. The van der Waals surface area contributed by atoms with Crippen LogP contribution in [0.2, 0.25) is 0 Å². The van der Waals surface area contributed by atoms with Crippen molar-refractivity contribution in [1.29, 1.82) is 0 Å². The van der Waals surface area contributed by atoms with Gasteiger partial charge in [-0.2, -0.15) is 5.26 Å². The minimum absolute atomic E-state index is 0.196. The van der Waals surface area contributed by atoms with E-state index in [-0.39, 0.29) is 16.7 Å². The average Bonchev–Trinajstić information content (AvgIpc) is 2.30. The summed E-state index contributed by atoms with van der Waals surface area (Å²) in [6.07, 6.45) is 4.08. The summed E-state index contributed by atoms with van der Waals surface area (Å²) in [7, 11) is 0. The van der Waals surface area contributed by atoms with Crippen LogP contribution in [0, 0.1) is 22.2 Å². The van der Waals surface area contributed by atoms with E-state index in [4.69, 9.17) is 5.26 Å². The lowest BCUT2D eigenvalue weighted by Crippen LogP contribution is -2.57. The van der Waals surface area contributed by atoms with E-state index < -0.39 is 11.4 Å². The molecule has 1 unspecified atom stereocenters. The lowest BCUT2D eigenvalue weighted by molar-refractivity contribution is -0.265. The molecule has 1 atom stereocenters. The molecule has 0 aliphatic carbocycles. The van der Waals surface area contributed by atoms with Gasteiger partial charge in [0, 0.05) is 0 Å². The van der Waals surface area contributed by atoms with Crippen LogP contribution < -0.4 is 0 Å². The largest absolute Gasteiger partial charge is 0.349 e. The molecule has 120 valence electrons. The molecular weight excluding hydrogens is 252 g/mol. The van der Waals surface area contributed by atoms with E-state index in [1.165, 1.54) is 0 Å². The topological polar surface area (TPSA) is 46.5 Å². The van der Waals surface area contributed by atoms with Crippen molar-refractivity contribution in [2.45, 2.75) is 81.1 Å². The first-order chi connectivity index (χ1) is 9.00. The number of rotatable bonds is 6. The van der Waals surface area contributed by atoms with Crippen molar-refractivity contribution in [2.24, 2.45) is 22.2 Å². The Bertz CT molecular complexity index is 293. The summed E-state index contributed by atoms with van der Waals surface area (Å²) >= 11 is 0. The first-order valence-corrected chi connectivity index (χ1v) is 7.86. The molecule has 0 bridgehead atoms. The first kappa shape index (κ1) is 19.4. The average molecular weight is 286 g/mol. The van der Waals surface area contributed by atoms with Gasteiger partial charge in [-0.3, -0.25) is 0 Å². The van der Waals surface area contributed by atoms with Crippen LogP contribution in [0.15, 0.2) is 0 Å². The number of hydrogen-bond donors (Lipinski definition) is 1. The van der Waals surface area contributed by atoms with Crippen molar-refractivity contribution < 1.29 is 14.9 Å². The van der Waals surface area contributed by atoms with E-state index in [0.29, 0.717) is 0 Å². The number of hydrogen-bond acceptors (Lipinski definition) is 3. The molecule has 0 aliphatic heterocycles. The summed E-state index contributed by atoms with van der Waals surface area (Å²) < 4.78 is 0. The van der Waals surface area contributed by atoms with Crippen LogP contribution in [0.1, 0.15) is 81.1 Å². The van der Waals surface area contributed by atoms with E-state index in [9.17, 15) is 4.79 Å². The molecule has 0 heterocycles. The number of unbranched alkanes of at least 4 members (excludes halogenated alkanes) is 1. The van der Waals surface area contributed by atoms with Gasteiger partial charge in [-0.15, -0.1) is 0 Å². The number of carbonyl (C=O) groups excluding carboxylic acids is 1. The molecule has 1 N–H and O–H groups in total. The fraction of sp³-hybridized carbons (Fsp3) is 0.941. The fourth-order valence-electron chi connectivity index (χ4n) is 4.38. The van der Waals surface area contributed by atoms with Gasteiger partial charge < -0.3 is 4.89 Å². The Morgan fingerprint density at radius 1 is 1.05 bits per heavy atom. The molecule has 0 aromatic carbocycles. The zero-order valence-electron chi connectivity index (χ0n) is 14.7. The van der Waals surface area contributed by atoms with Crippen LogP contribution in [0.4, 0.5) is 0 Å². The predicted molar refractivity (Wildman–Crippen MR) is 83.4 cm³/mol. The molecule has 3 nitrogen and oxygen atoms in total. The maximum Gasteiger partial charge on any atom is 0.349 e. The standard InChI is InChI=1S/C17H34O3/c1-9-11-12-13(10-2)17(14(18)20-19,15(3,4)5)16(6,7)8/h13,19H,9-12H2,1-8H3. The highest BCUT2D eigenvalue weighted by Crippen LogP contribution is 2.59. The van der Waals surface area contributed by atoms with Crippen LogP contribution in [0.5, 0.6) is 0 Å². The van der Waals surface area contributed by atoms with Gasteiger partial charge >= 0.3 is 5.97 Å². The Labute approximate surface area is 125 Å². The molecule has 0 rings (SSSR count). The summed E-state index contributed by atoms with van der Waals surface area (Å²) in [5, 5.41) is 9.12. The van der Waals surface area contributed by atoms with Gasteiger partial charge in [0.2, 0.25) is 0 Å². The highest BCUT2D eigenvalue weighted by molar-refractivity contribution is 5.78. The summed E-state index contributed by atoms with van der Waals surface area (Å²) in [5.41, 5.74) is -1.29. The highest BCUT2D eigenvalue weighted by atomic mass is 17.1. The quantitative estimate of drug-likeness (QED) is 0.532. The molecule has 20 heavy (non-hydrogen) atoms. The normalized spacial score (nSPS) is 15.1. The lowest BCUT2D eigenvalue weighted by atomic mass is 9.47. The van der Waals surface area contributed by atoms with E-state index in [1.54, 1.807) is 0 Å². The Morgan fingerprint density at radius 3 is 1.75 bits per heavy atom. The minimum Gasteiger partial charge on any atom is -0.300 e. The van der Waals surface area contributed by atoms with Gasteiger partial charge in [0.25, 0.3) is 0 Å². The van der Waals surface area contributed by atoms with Gasteiger partial charge in [0.1, 0.15) is 0 Å². The van der Waals surface area contributed by atoms with Crippen molar-refractivity contribution in [3.63, 3.8) is 0 Å². The van der Waals surface area contributed by atoms with E-state index in [0.717, 1.165) is 25.7 Å². The molecule has 0 radical (unpaired) electrons. The van der Waals surface area contributed by atoms with Crippen molar-refractivity contribution >= 4 is 5.97 Å². The Hall–Kier alpha value is -0.570. The second-order valence-corrected chi connectivity index (χ2v) is 7.93. The summed E-state index contributed by atoms with van der Waals surface area (Å²) in [6.45, 7) is 16.7. The SMILES string of the molecule is CCCCC(CC)C(C(=O)OO)(C(C)(C)C)C(C)(C)C. The van der Waals surface area contributed by atoms with Crippen molar-refractivity contribution in [2.75, 3.05) is 0 Å². The van der Waals surface area contributed by atoms with Crippen molar-refractivity contribution in [1.82, 2.24) is 0 Å². The second-order valence-electron chi connectivity index (χ2n) is 7.93. The molecule has 0 fully saturated rings. The zero-order valence-corrected chi connectivity index (χ0v) is 14.7. The first-order valence-electron chi connectivity index (χ1n) is 7.86. The third kappa shape index (κ3) is 3.36. The van der Waals surface area contributed by atoms with Gasteiger partial charge in [-0.25, -0.2) is 4.79 Å². The van der Waals surface area contributed by atoms with E-state index in [1.807, 2.05) is 0 Å². The van der Waals surface area contributed by atoms with E-state index in [2.05, 4.69) is 60.3 Å². The van der Waals surface area contributed by atoms with Crippen LogP contribution in [0.25, 0.3) is 0 Å². The van der Waals surface area contributed by atoms with Crippen LogP contribution >= 0.6 is 0 Å². The molecule has 3 heteroatoms. The third-order valence-corrected chi connectivity index (χ3v) is 4.78. The smallest absolute Gasteiger partial charge is 0.300 e. The third-order valence-electron chi connectivity index (χ3n) is 4.78. The maximum atomic E-state index is 12.6. The fourth-order valence-corrected chi connectivity index (χ4v) is 4.38.